The van der Waals surface area contributed by atoms with Gasteiger partial charge in [0.2, 0.25) is 10.0 Å². The highest BCUT2D eigenvalue weighted by atomic mass is 35.5. The largest absolute Gasteiger partial charge is 0.298 e. The zero-order chi connectivity index (χ0) is 21.6. The summed E-state index contributed by atoms with van der Waals surface area (Å²) in [6.45, 7) is 0.319. The van der Waals surface area contributed by atoms with E-state index in [0.717, 1.165) is 11.3 Å². The molecule has 6 nitrogen and oxygen atoms in total. The first kappa shape index (κ1) is 22.7. The van der Waals surface area contributed by atoms with E-state index in [4.69, 9.17) is 23.2 Å². The number of nitrogens with zero attached hydrogens (tertiary/aromatic N) is 2. The van der Waals surface area contributed by atoms with Gasteiger partial charge in [-0.1, -0.05) is 30.3 Å². The van der Waals surface area contributed by atoms with Crippen LogP contribution in [0.3, 0.4) is 0 Å². The van der Waals surface area contributed by atoms with E-state index < -0.39 is 10.0 Å². The number of rotatable bonds is 9. The quantitative estimate of drug-likeness (QED) is 0.453. The monoisotopic (exact) mass is 483 g/mol. The van der Waals surface area contributed by atoms with Crippen LogP contribution in [0.5, 0.6) is 0 Å². The molecule has 1 amide bonds. The third-order valence-electron chi connectivity index (χ3n) is 4.22. The average molecular weight is 484 g/mol. The molecule has 0 atom stereocenters. The summed E-state index contributed by atoms with van der Waals surface area (Å²) in [6, 6.07) is 15.4. The summed E-state index contributed by atoms with van der Waals surface area (Å²) in [5, 5.41) is 5.07. The van der Waals surface area contributed by atoms with Crippen molar-refractivity contribution in [3.05, 3.63) is 65.5 Å². The van der Waals surface area contributed by atoms with Crippen LogP contribution in [0, 0.1) is 0 Å². The van der Waals surface area contributed by atoms with E-state index in [1.807, 2.05) is 35.7 Å². The standard InChI is InChI=1S/C20H19Cl2N3O3S2/c21-10-12-25(13-11-22)30(27,28)17-8-6-16(7-9-17)19(26)24-20-23-18(14-29-20)15-4-2-1-3-5-15/h1-9,14H,10-13H2,(H,23,24,26). The highest BCUT2D eigenvalue weighted by Gasteiger charge is 2.23. The van der Waals surface area contributed by atoms with Crippen molar-refractivity contribution < 1.29 is 13.2 Å². The van der Waals surface area contributed by atoms with Gasteiger partial charge in [0.15, 0.2) is 5.13 Å². The van der Waals surface area contributed by atoms with Gasteiger partial charge in [-0.15, -0.1) is 34.5 Å². The number of sulfonamides is 1. The van der Waals surface area contributed by atoms with E-state index >= 15 is 0 Å². The Bertz CT molecular complexity index is 1080. The van der Waals surface area contributed by atoms with Crippen molar-refractivity contribution in [2.24, 2.45) is 0 Å². The molecule has 0 aliphatic carbocycles. The first-order chi connectivity index (χ1) is 14.5. The molecule has 0 unspecified atom stereocenters. The average Bonchev–Trinajstić information content (AvgIpc) is 3.23. The van der Waals surface area contributed by atoms with Gasteiger partial charge in [0.05, 0.1) is 10.6 Å². The predicted octanol–water partition coefficient (Wildman–Crippen LogP) is 4.53. The minimum atomic E-state index is -3.73. The van der Waals surface area contributed by atoms with Gasteiger partial charge in [0.1, 0.15) is 0 Å². The number of carbonyl (C=O) groups is 1. The highest BCUT2D eigenvalue weighted by Crippen LogP contribution is 2.25. The van der Waals surface area contributed by atoms with E-state index in [0.29, 0.717) is 10.7 Å². The third kappa shape index (κ3) is 5.39. The Balaban J connectivity index is 1.72. The van der Waals surface area contributed by atoms with Gasteiger partial charge >= 0.3 is 0 Å². The van der Waals surface area contributed by atoms with Gasteiger partial charge in [0, 0.05) is 41.4 Å². The minimum Gasteiger partial charge on any atom is -0.298 e. The Kier molecular flexibility index (Phi) is 7.85. The molecule has 3 aromatic rings. The Morgan fingerprint density at radius 1 is 1.00 bits per heavy atom. The molecule has 0 spiro atoms. The summed E-state index contributed by atoms with van der Waals surface area (Å²) < 4.78 is 26.7. The number of nitrogens with one attached hydrogen (secondary N) is 1. The molecule has 0 saturated carbocycles. The third-order valence-corrected chi connectivity index (χ3v) is 7.22. The Morgan fingerprint density at radius 2 is 1.63 bits per heavy atom. The summed E-state index contributed by atoms with van der Waals surface area (Å²) in [6.07, 6.45) is 0. The number of benzene rings is 2. The van der Waals surface area contributed by atoms with Crippen LogP contribution in [-0.4, -0.2) is 48.5 Å². The fourth-order valence-corrected chi connectivity index (χ4v) is 5.47. The Labute approximate surface area is 189 Å². The van der Waals surface area contributed by atoms with E-state index in [1.54, 1.807) is 0 Å². The Morgan fingerprint density at radius 3 is 2.23 bits per heavy atom. The van der Waals surface area contributed by atoms with Gasteiger partial charge < -0.3 is 0 Å². The minimum absolute atomic E-state index is 0.0786. The number of hydrogen-bond acceptors (Lipinski definition) is 5. The maximum atomic E-state index is 12.7. The lowest BCUT2D eigenvalue weighted by Gasteiger charge is -2.20. The lowest BCUT2D eigenvalue weighted by atomic mass is 10.2. The molecule has 0 fully saturated rings. The zero-order valence-corrected chi connectivity index (χ0v) is 18.9. The zero-order valence-electron chi connectivity index (χ0n) is 15.8. The van der Waals surface area contributed by atoms with Gasteiger partial charge in [-0.3, -0.25) is 10.1 Å². The molecule has 1 heterocycles. The number of thiazole rings is 1. The fraction of sp³-hybridized carbons (Fsp3) is 0.200. The number of aromatic nitrogens is 1. The van der Waals surface area contributed by atoms with Crippen molar-refractivity contribution in [1.82, 2.24) is 9.29 Å². The van der Waals surface area contributed by atoms with Crippen LogP contribution in [-0.2, 0) is 10.0 Å². The summed E-state index contributed by atoms with van der Waals surface area (Å²) in [4.78, 5) is 17.0. The number of hydrogen-bond donors (Lipinski definition) is 1. The highest BCUT2D eigenvalue weighted by molar-refractivity contribution is 7.89. The molecule has 0 bridgehead atoms. The molecule has 0 saturated heterocycles. The molecule has 1 aromatic heterocycles. The molecule has 2 aromatic carbocycles. The van der Waals surface area contributed by atoms with E-state index in [1.165, 1.54) is 39.9 Å². The molecule has 30 heavy (non-hydrogen) atoms. The summed E-state index contributed by atoms with van der Waals surface area (Å²) in [7, 11) is -3.73. The SMILES string of the molecule is O=C(Nc1nc(-c2ccccc2)cs1)c1ccc(S(=O)(=O)N(CCCl)CCCl)cc1. The number of halogens is 2. The van der Waals surface area contributed by atoms with E-state index in [2.05, 4.69) is 10.3 Å². The maximum absolute atomic E-state index is 12.7. The topological polar surface area (TPSA) is 79.4 Å². The first-order valence-corrected chi connectivity index (χ1v) is 12.4. The molecule has 10 heteroatoms. The lowest BCUT2D eigenvalue weighted by Crippen LogP contribution is -2.34. The maximum Gasteiger partial charge on any atom is 0.257 e. The fourth-order valence-electron chi connectivity index (χ4n) is 2.71. The number of carbonyl (C=O) groups excluding carboxylic acids is 1. The van der Waals surface area contributed by atoms with Crippen molar-refractivity contribution in [2.75, 3.05) is 30.2 Å². The molecular formula is C20H19Cl2N3O3S2. The van der Waals surface area contributed by atoms with Crippen LogP contribution in [0.2, 0.25) is 0 Å². The van der Waals surface area contributed by atoms with Crippen LogP contribution in [0.4, 0.5) is 5.13 Å². The number of alkyl halides is 2. The van der Waals surface area contributed by atoms with Gasteiger partial charge in [-0.05, 0) is 24.3 Å². The smallest absolute Gasteiger partial charge is 0.257 e. The van der Waals surface area contributed by atoms with Crippen molar-refractivity contribution in [2.45, 2.75) is 4.90 Å². The molecule has 0 aliphatic rings. The first-order valence-electron chi connectivity index (χ1n) is 9.00. The van der Waals surface area contributed by atoms with Crippen LogP contribution in [0.25, 0.3) is 11.3 Å². The van der Waals surface area contributed by atoms with Gasteiger partial charge in [-0.25, -0.2) is 13.4 Å². The van der Waals surface area contributed by atoms with E-state index in [-0.39, 0.29) is 35.7 Å². The summed E-state index contributed by atoms with van der Waals surface area (Å²) >= 11 is 12.7. The van der Waals surface area contributed by atoms with Crippen molar-refractivity contribution in [3.8, 4) is 11.3 Å². The predicted molar refractivity (Wildman–Crippen MR) is 122 cm³/mol. The molecule has 0 radical (unpaired) electrons. The van der Waals surface area contributed by atoms with Crippen LogP contribution in [0.1, 0.15) is 10.4 Å². The number of amides is 1. The Hall–Kier alpha value is -1.97. The molecule has 3 rings (SSSR count). The van der Waals surface area contributed by atoms with Crippen LogP contribution >= 0.6 is 34.5 Å². The summed E-state index contributed by atoms with van der Waals surface area (Å²) in [5.74, 6) is -0.0450. The molecular weight excluding hydrogens is 465 g/mol. The molecule has 158 valence electrons. The van der Waals surface area contributed by atoms with Gasteiger partial charge in [-0.2, -0.15) is 4.31 Å². The second kappa shape index (κ2) is 10.4. The van der Waals surface area contributed by atoms with Crippen LogP contribution < -0.4 is 5.32 Å². The van der Waals surface area contributed by atoms with Crippen molar-refractivity contribution in [1.29, 1.82) is 0 Å². The lowest BCUT2D eigenvalue weighted by molar-refractivity contribution is 0.102. The molecule has 0 aliphatic heterocycles. The van der Waals surface area contributed by atoms with Gasteiger partial charge in [0.25, 0.3) is 5.91 Å². The molecule has 1 N–H and O–H groups in total. The van der Waals surface area contributed by atoms with Crippen molar-refractivity contribution >= 4 is 55.6 Å². The second-order valence-electron chi connectivity index (χ2n) is 6.16. The van der Waals surface area contributed by atoms with E-state index in [9.17, 15) is 13.2 Å². The van der Waals surface area contributed by atoms with Crippen molar-refractivity contribution in [3.63, 3.8) is 0 Å². The second-order valence-corrected chi connectivity index (χ2v) is 9.72. The normalized spacial score (nSPS) is 11.6. The van der Waals surface area contributed by atoms with Crippen LogP contribution in [0.15, 0.2) is 64.9 Å². The number of anilines is 1. The summed E-state index contributed by atoms with van der Waals surface area (Å²) in [5.41, 5.74) is 2.06.